The number of ether oxygens (including phenoxy) is 1. The zero-order valence-corrected chi connectivity index (χ0v) is 14.7. The van der Waals surface area contributed by atoms with Crippen molar-refractivity contribution in [1.29, 1.82) is 0 Å². The molecule has 6 heteroatoms. The molecule has 0 radical (unpaired) electrons. The summed E-state index contributed by atoms with van der Waals surface area (Å²) < 4.78 is 6.31. The average molecular weight is 337 g/mol. The Morgan fingerprint density at radius 2 is 1.86 bits per heavy atom. The van der Waals surface area contributed by atoms with Gasteiger partial charge in [0.15, 0.2) is 0 Å². The molecule has 2 aliphatic heterocycles. The molecular weight excluding hydrogens is 322 g/mol. The fraction of sp³-hybridized carbons (Fsp3) is 0.333. The maximum absolute atomic E-state index is 12.1. The first-order chi connectivity index (χ1) is 9.77. The monoisotopic (exact) mass is 337 g/mol. The van der Waals surface area contributed by atoms with Crippen LogP contribution < -0.4 is 0 Å². The van der Waals surface area contributed by atoms with E-state index in [1.165, 1.54) is 15.4 Å². The Hall–Kier alpha value is -0.980. The molecule has 1 aromatic carbocycles. The van der Waals surface area contributed by atoms with E-state index in [1.807, 2.05) is 0 Å². The zero-order chi connectivity index (χ0) is 15.4. The largest absolute Gasteiger partial charge is 0.424 e. The van der Waals surface area contributed by atoms with Gasteiger partial charge >= 0.3 is 0 Å². The molecule has 2 heterocycles. The molecule has 0 bridgehead atoms. The second kappa shape index (κ2) is 5.04. The fourth-order valence-electron chi connectivity index (χ4n) is 2.02. The van der Waals surface area contributed by atoms with Crippen LogP contribution in [0.3, 0.4) is 0 Å². The second-order valence-corrected chi connectivity index (χ2v) is 8.68. The summed E-state index contributed by atoms with van der Waals surface area (Å²) in [4.78, 5) is 15.8. The molecule has 1 fully saturated rings. The van der Waals surface area contributed by atoms with Crippen molar-refractivity contribution in [1.82, 2.24) is 4.90 Å². The van der Waals surface area contributed by atoms with Crippen LogP contribution in [0, 0.1) is 0 Å². The third kappa shape index (κ3) is 2.60. The van der Waals surface area contributed by atoms with Crippen molar-refractivity contribution in [2.45, 2.75) is 36.0 Å². The summed E-state index contributed by atoms with van der Waals surface area (Å²) in [6.07, 6.45) is 0. The van der Waals surface area contributed by atoms with Crippen molar-refractivity contribution in [3.63, 3.8) is 0 Å². The first-order valence-corrected chi connectivity index (χ1v) is 8.56. The van der Waals surface area contributed by atoms with Crippen LogP contribution in [0.4, 0.5) is 0 Å². The third-order valence-corrected chi connectivity index (χ3v) is 6.22. The van der Waals surface area contributed by atoms with Crippen molar-refractivity contribution in [3.8, 4) is 0 Å². The first kappa shape index (κ1) is 14.9. The number of rotatable bonds is 0. The molecule has 0 aromatic heterocycles. The molecule has 0 saturated carbocycles. The number of likely N-dealkylation sites (N-methyl/N-ethyl adjacent to an activating group) is 1. The van der Waals surface area contributed by atoms with Crippen molar-refractivity contribution >= 4 is 46.8 Å². The summed E-state index contributed by atoms with van der Waals surface area (Å²) in [5, 5.41) is 0.218. The Kier molecular flexibility index (Phi) is 3.58. The van der Waals surface area contributed by atoms with Crippen LogP contribution in [0.5, 0.6) is 0 Å². The summed E-state index contributed by atoms with van der Waals surface area (Å²) in [6, 6.07) is 6.46. The maximum Gasteiger partial charge on any atom is 0.298 e. The van der Waals surface area contributed by atoms with E-state index in [0.29, 0.717) is 5.76 Å². The van der Waals surface area contributed by atoms with Gasteiger partial charge < -0.3 is 4.74 Å². The molecule has 0 aliphatic carbocycles. The minimum atomic E-state index is -0.168. The lowest BCUT2D eigenvalue weighted by atomic mass is 9.87. The first-order valence-electron chi connectivity index (χ1n) is 6.52. The minimum absolute atomic E-state index is 0.109. The van der Waals surface area contributed by atoms with Gasteiger partial charge in [0.2, 0.25) is 5.76 Å². The fourth-order valence-corrected chi connectivity index (χ4v) is 4.63. The molecule has 0 atom stereocenters. The van der Waals surface area contributed by atoms with Crippen LogP contribution in [-0.4, -0.2) is 23.0 Å². The van der Waals surface area contributed by atoms with E-state index >= 15 is 0 Å². The van der Waals surface area contributed by atoms with Crippen molar-refractivity contribution in [2.75, 3.05) is 7.05 Å². The number of carbonyl (C=O) groups is 1. The molecule has 1 aromatic rings. The molecule has 0 N–H and O–H groups in total. The number of fused-ring (bicyclic) bond motifs is 1. The van der Waals surface area contributed by atoms with Crippen LogP contribution >= 0.6 is 35.7 Å². The molecule has 21 heavy (non-hydrogen) atoms. The lowest BCUT2D eigenvalue weighted by Gasteiger charge is -2.19. The lowest BCUT2D eigenvalue weighted by Crippen LogP contribution is -2.22. The van der Waals surface area contributed by atoms with Gasteiger partial charge in [-0.25, -0.2) is 0 Å². The Morgan fingerprint density at radius 3 is 2.43 bits per heavy atom. The molecule has 2 aliphatic rings. The van der Waals surface area contributed by atoms with Crippen LogP contribution in [0.1, 0.15) is 26.3 Å². The van der Waals surface area contributed by atoms with Gasteiger partial charge in [-0.3, -0.25) is 9.69 Å². The SMILES string of the molecule is CN1C(=O)/C(=C2\Sc3ccc(C(C)(C)C)cc3S2)OC1=S. The highest BCUT2D eigenvalue weighted by atomic mass is 32.2. The third-order valence-electron chi connectivity index (χ3n) is 3.36. The Balaban J connectivity index is 1.95. The normalized spacial score (nSPS) is 21.8. The standard InChI is InChI=1S/C15H15NO2S3/c1-15(2,3)8-5-6-9-10(7-8)21-13(20-9)11-12(17)16(4)14(19)18-11/h5-7H,1-4H3/b13-11-. The zero-order valence-electron chi connectivity index (χ0n) is 12.2. The van der Waals surface area contributed by atoms with E-state index in [9.17, 15) is 4.79 Å². The maximum atomic E-state index is 12.1. The van der Waals surface area contributed by atoms with Crippen molar-refractivity contribution in [2.24, 2.45) is 0 Å². The summed E-state index contributed by atoms with van der Waals surface area (Å²) in [5.41, 5.74) is 1.39. The second-order valence-electron chi connectivity index (χ2n) is 5.96. The lowest BCUT2D eigenvalue weighted by molar-refractivity contribution is -0.122. The number of thioether (sulfide) groups is 2. The quantitative estimate of drug-likeness (QED) is 0.525. The van der Waals surface area contributed by atoms with Gasteiger partial charge in [0, 0.05) is 16.8 Å². The molecule has 0 unspecified atom stereocenters. The summed E-state index contributed by atoms with van der Waals surface area (Å²) in [6.45, 7) is 6.58. The number of nitrogens with zero attached hydrogens (tertiary/aromatic N) is 1. The topological polar surface area (TPSA) is 29.5 Å². The number of thiocarbonyl (C=S) groups is 1. The van der Waals surface area contributed by atoms with Gasteiger partial charge in [0.05, 0.1) is 4.24 Å². The number of benzene rings is 1. The number of amides is 1. The van der Waals surface area contributed by atoms with E-state index in [0.717, 1.165) is 9.13 Å². The average Bonchev–Trinajstić information content (AvgIpc) is 2.93. The smallest absolute Gasteiger partial charge is 0.298 e. The van der Waals surface area contributed by atoms with Gasteiger partial charge in [0.1, 0.15) is 0 Å². The van der Waals surface area contributed by atoms with E-state index in [1.54, 1.807) is 30.6 Å². The van der Waals surface area contributed by atoms with Crippen LogP contribution in [0.25, 0.3) is 0 Å². The number of carbonyl (C=O) groups excluding carboxylic acids is 1. The molecule has 3 nitrogen and oxygen atoms in total. The van der Waals surface area contributed by atoms with Gasteiger partial charge in [-0.15, -0.1) is 0 Å². The van der Waals surface area contributed by atoms with Crippen LogP contribution in [0.15, 0.2) is 38.0 Å². The van der Waals surface area contributed by atoms with Crippen LogP contribution in [-0.2, 0) is 14.9 Å². The molecule has 3 rings (SSSR count). The Labute approximate surface area is 138 Å². The van der Waals surface area contributed by atoms with E-state index < -0.39 is 0 Å². The highest BCUT2D eigenvalue weighted by molar-refractivity contribution is 8.24. The number of hydrogen-bond donors (Lipinski definition) is 0. The molecular formula is C15H15NO2S3. The Morgan fingerprint density at radius 1 is 1.19 bits per heavy atom. The predicted octanol–water partition coefficient (Wildman–Crippen LogP) is 4.12. The van der Waals surface area contributed by atoms with E-state index in [2.05, 4.69) is 39.0 Å². The van der Waals surface area contributed by atoms with Crippen molar-refractivity contribution in [3.05, 3.63) is 33.8 Å². The highest BCUT2D eigenvalue weighted by Crippen LogP contribution is 2.53. The number of hydrogen-bond acceptors (Lipinski definition) is 5. The highest BCUT2D eigenvalue weighted by Gasteiger charge is 2.36. The van der Waals surface area contributed by atoms with Gasteiger partial charge in [-0.1, -0.05) is 50.4 Å². The Bertz CT molecular complexity index is 689. The summed E-state index contributed by atoms with van der Waals surface area (Å²) in [7, 11) is 1.63. The van der Waals surface area contributed by atoms with Gasteiger partial charge in [-0.2, -0.15) is 0 Å². The predicted molar refractivity (Wildman–Crippen MR) is 90.3 cm³/mol. The van der Waals surface area contributed by atoms with Crippen LogP contribution in [0.2, 0.25) is 0 Å². The summed E-state index contributed by atoms with van der Waals surface area (Å²) in [5.74, 6) is 0.185. The van der Waals surface area contributed by atoms with Gasteiger partial charge in [0.25, 0.3) is 11.1 Å². The van der Waals surface area contributed by atoms with Crippen molar-refractivity contribution < 1.29 is 9.53 Å². The molecule has 1 saturated heterocycles. The summed E-state index contributed by atoms with van der Waals surface area (Å²) >= 11 is 8.17. The minimum Gasteiger partial charge on any atom is -0.424 e. The molecule has 1 amide bonds. The molecule has 110 valence electrons. The van der Waals surface area contributed by atoms with Gasteiger partial charge in [-0.05, 0) is 35.3 Å². The van der Waals surface area contributed by atoms with E-state index in [-0.39, 0.29) is 16.5 Å². The molecule has 0 spiro atoms. The van der Waals surface area contributed by atoms with E-state index in [4.69, 9.17) is 17.0 Å².